The summed E-state index contributed by atoms with van der Waals surface area (Å²) in [7, 11) is 0. The SMILES string of the molecule is Nc1cc(N2CCC3(CC2)COC3)cnc1C(=O)NCCOCCNCC(=O)N1CCN(C(=O)c2cc(Cc3n[nH]c(=O)c4ccccc34)ccc2F)CC1. The number of nitrogen functional groups attached to an aromatic ring is 1. The Kier molecular flexibility index (Phi) is 11.6. The summed E-state index contributed by atoms with van der Waals surface area (Å²) in [5.74, 6) is -1.55. The average Bonchev–Trinajstić information content (AvgIpc) is 3.19. The molecule has 0 radical (unpaired) electrons. The van der Waals surface area contributed by atoms with E-state index < -0.39 is 11.7 Å². The zero-order valence-corrected chi connectivity index (χ0v) is 30.7. The number of aromatic nitrogens is 3. The van der Waals surface area contributed by atoms with Gasteiger partial charge in [0.25, 0.3) is 17.4 Å². The number of benzene rings is 2. The molecule has 0 atom stereocenters. The number of fused-ring (bicyclic) bond motifs is 1. The number of halogens is 1. The first kappa shape index (κ1) is 37.8. The number of amides is 3. The number of nitrogens with two attached hydrogens (primary N) is 1. The number of aromatic amines is 1. The second-order valence-corrected chi connectivity index (χ2v) is 14.4. The predicted octanol–water partition coefficient (Wildman–Crippen LogP) is 1.57. The van der Waals surface area contributed by atoms with E-state index >= 15 is 0 Å². The molecule has 290 valence electrons. The number of H-pyrrole nitrogens is 1. The molecular weight excluding hydrogens is 709 g/mol. The van der Waals surface area contributed by atoms with Gasteiger partial charge in [-0.05, 0) is 42.7 Å². The molecule has 3 saturated heterocycles. The number of hydrogen-bond donors (Lipinski definition) is 4. The van der Waals surface area contributed by atoms with Crippen LogP contribution in [0.3, 0.4) is 0 Å². The van der Waals surface area contributed by atoms with E-state index in [9.17, 15) is 23.6 Å². The lowest BCUT2D eigenvalue weighted by molar-refractivity contribution is -0.131. The summed E-state index contributed by atoms with van der Waals surface area (Å²) in [4.78, 5) is 60.8. The van der Waals surface area contributed by atoms with Crippen LogP contribution in [-0.4, -0.2) is 128 Å². The predicted molar refractivity (Wildman–Crippen MR) is 203 cm³/mol. The lowest BCUT2D eigenvalue weighted by atomic mass is 9.77. The molecule has 4 aromatic rings. The second-order valence-electron chi connectivity index (χ2n) is 14.4. The lowest BCUT2D eigenvalue weighted by Crippen LogP contribution is -2.52. The molecule has 1 spiro atoms. The zero-order valence-electron chi connectivity index (χ0n) is 30.7. The molecule has 3 aliphatic rings. The van der Waals surface area contributed by atoms with E-state index in [1.165, 1.54) is 12.1 Å². The number of rotatable bonds is 13. The smallest absolute Gasteiger partial charge is 0.272 e. The van der Waals surface area contributed by atoms with Gasteiger partial charge >= 0.3 is 0 Å². The minimum atomic E-state index is -0.627. The molecule has 55 heavy (non-hydrogen) atoms. The Labute approximate surface area is 317 Å². The molecular formula is C39H46FN9O6. The molecule has 3 fully saturated rings. The lowest BCUT2D eigenvalue weighted by Gasteiger charge is -2.47. The minimum Gasteiger partial charge on any atom is -0.397 e. The normalized spacial score (nSPS) is 16.6. The summed E-state index contributed by atoms with van der Waals surface area (Å²) in [6.45, 7) is 6.13. The van der Waals surface area contributed by atoms with Crippen LogP contribution in [0.4, 0.5) is 15.8 Å². The molecule has 3 amide bonds. The van der Waals surface area contributed by atoms with E-state index in [0.29, 0.717) is 65.8 Å². The molecule has 2 aromatic carbocycles. The summed E-state index contributed by atoms with van der Waals surface area (Å²) in [6, 6.07) is 13.3. The number of pyridine rings is 1. The van der Waals surface area contributed by atoms with Gasteiger partial charge in [0.2, 0.25) is 5.91 Å². The van der Waals surface area contributed by atoms with E-state index in [0.717, 1.165) is 44.8 Å². The van der Waals surface area contributed by atoms with Gasteiger partial charge in [-0.2, -0.15) is 5.10 Å². The van der Waals surface area contributed by atoms with E-state index in [1.54, 1.807) is 40.3 Å². The van der Waals surface area contributed by atoms with Crippen molar-refractivity contribution in [3.05, 3.63) is 93.4 Å². The third-order valence-corrected chi connectivity index (χ3v) is 10.7. The number of piperidine rings is 1. The summed E-state index contributed by atoms with van der Waals surface area (Å²) < 4.78 is 25.9. The number of piperazine rings is 1. The fraction of sp³-hybridized carbons (Fsp3) is 0.436. The average molecular weight is 756 g/mol. The van der Waals surface area contributed by atoms with Crippen molar-refractivity contribution < 1.29 is 28.2 Å². The van der Waals surface area contributed by atoms with Gasteiger partial charge < -0.3 is 40.5 Å². The fourth-order valence-corrected chi connectivity index (χ4v) is 7.30. The summed E-state index contributed by atoms with van der Waals surface area (Å²) in [5, 5.41) is 13.8. The number of anilines is 2. The van der Waals surface area contributed by atoms with Crippen molar-refractivity contribution in [3.63, 3.8) is 0 Å². The van der Waals surface area contributed by atoms with Gasteiger partial charge in [0.15, 0.2) is 5.69 Å². The summed E-state index contributed by atoms with van der Waals surface area (Å²) in [6.07, 6.45) is 4.14. The maximum atomic E-state index is 14.9. The highest BCUT2D eigenvalue weighted by Crippen LogP contribution is 2.39. The molecule has 5 N–H and O–H groups in total. The van der Waals surface area contributed by atoms with Crippen LogP contribution >= 0.6 is 0 Å². The molecule has 15 nitrogen and oxygen atoms in total. The molecule has 5 heterocycles. The first-order valence-electron chi connectivity index (χ1n) is 18.7. The molecule has 0 unspecified atom stereocenters. The maximum Gasteiger partial charge on any atom is 0.272 e. The van der Waals surface area contributed by atoms with Crippen LogP contribution in [-0.2, 0) is 20.7 Å². The van der Waals surface area contributed by atoms with Crippen LogP contribution < -0.4 is 26.8 Å². The second kappa shape index (κ2) is 16.9. The van der Waals surface area contributed by atoms with Gasteiger partial charge in [-0.1, -0.05) is 24.3 Å². The van der Waals surface area contributed by atoms with Crippen LogP contribution in [0.2, 0.25) is 0 Å². The van der Waals surface area contributed by atoms with Crippen molar-refractivity contribution >= 4 is 39.9 Å². The van der Waals surface area contributed by atoms with Crippen LogP contribution in [0.25, 0.3) is 10.8 Å². The Hall–Kier alpha value is -5.45. The van der Waals surface area contributed by atoms with Gasteiger partial charge in [0, 0.05) is 69.6 Å². The fourth-order valence-electron chi connectivity index (χ4n) is 7.30. The number of ether oxygens (including phenoxy) is 2. The van der Waals surface area contributed by atoms with E-state index in [1.807, 2.05) is 12.1 Å². The van der Waals surface area contributed by atoms with Gasteiger partial charge in [-0.3, -0.25) is 19.2 Å². The van der Waals surface area contributed by atoms with Gasteiger partial charge in [0.05, 0.1) is 67.2 Å². The number of hydrogen-bond acceptors (Lipinski definition) is 11. The van der Waals surface area contributed by atoms with Crippen LogP contribution in [0.5, 0.6) is 0 Å². The molecule has 16 heteroatoms. The highest BCUT2D eigenvalue weighted by Gasteiger charge is 2.41. The van der Waals surface area contributed by atoms with Crippen molar-refractivity contribution in [2.45, 2.75) is 19.3 Å². The first-order chi connectivity index (χ1) is 26.7. The molecule has 0 saturated carbocycles. The minimum absolute atomic E-state index is 0.0481. The van der Waals surface area contributed by atoms with Crippen molar-refractivity contribution in [3.8, 4) is 0 Å². The topological polar surface area (TPSA) is 188 Å². The highest BCUT2D eigenvalue weighted by molar-refractivity contribution is 5.97. The van der Waals surface area contributed by atoms with Crippen molar-refractivity contribution in [2.24, 2.45) is 5.41 Å². The third kappa shape index (κ3) is 8.77. The molecule has 2 aromatic heterocycles. The Bertz CT molecular complexity index is 2090. The number of carbonyl (C=O) groups is 3. The van der Waals surface area contributed by atoms with E-state index in [4.69, 9.17) is 15.2 Å². The monoisotopic (exact) mass is 755 g/mol. The molecule has 3 aliphatic heterocycles. The standard InChI is InChI=1S/C39H46FN9O6/c40-31-6-5-26(20-33-28-3-1-2-4-29(28)36(51)46-45-33)19-30(31)38(53)49-15-13-48(14-16-49)34(50)23-42-9-17-54-18-10-43-37(52)35-32(41)21-27(22-44-35)47-11-7-39(8-12-47)24-55-25-39/h1-6,19,21-22,42H,7-18,20,23-25,41H2,(H,43,52)(H,46,51). The number of nitrogens with one attached hydrogen (secondary N) is 3. The Morgan fingerprint density at radius 1 is 0.945 bits per heavy atom. The van der Waals surface area contributed by atoms with Gasteiger partial charge in [0.1, 0.15) is 5.82 Å². The number of nitrogens with zero attached hydrogens (tertiary/aromatic N) is 5. The molecule has 0 aliphatic carbocycles. The zero-order chi connectivity index (χ0) is 38.4. The van der Waals surface area contributed by atoms with Crippen LogP contribution in [0.1, 0.15) is 44.9 Å². The van der Waals surface area contributed by atoms with Gasteiger partial charge in [-0.25, -0.2) is 14.5 Å². The largest absolute Gasteiger partial charge is 0.397 e. The van der Waals surface area contributed by atoms with Crippen molar-refractivity contribution in [1.82, 2.24) is 35.6 Å². The third-order valence-electron chi connectivity index (χ3n) is 10.7. The van der Waals surface area contributed by atoms with E-state index in [2.05, 4.69) is 30.7 Å². The molecule has 0 bridgehead atoms. The Morgan fingerprint density at radius 3 is 2.40 bits per heavy atom. The number of carbonyl (C=O) groups excluding carboxylic acids is 3. The quantitative estimate of drug-likeness (QED) is 0.145. The highest BCUT2D eigenvalue weighted by atomic mass is 19.1. The maximum absolute atomic E-state index is 14.9. The Morgan fingerprint density at radius 2 is 1.67 bits per heavy atom. The van der Waals surface area contributed by atoms with Crippen molar-refractivity contribution in [2.75, 3.05) is 96.0 Å². The Balaban J connectivity index is 0.777. The summed E-state index contributed by atoms with van der Waals surface area (Å²) >= 11 is 0. The first-order valence-corrected chi connectivity index (χ1v) is 18.7. The van der Waals surface area contributed by atoms with Gasteiger partial charge in [-0.15, -0.1) is 0 Å². The molecule has 7 rings (SSSR count). The summed E-state index contributed by atoms with van der Waals surface area (Å²) in [5.41, 5.74) is 8.91. The van der Waals surface area contributed by atoms with E-state index in [-0.39, 0.29) is 61.4 Å². The van der Waals surface area contributed by atoms with Crippen molar-refractivity contribution in [1.29, 1.82) is 0 Å². The van der Waals surface area contributed by atoms with Crippen LogP contribution in [0.15, 0.2) is 59.5 Å². The van der Waals surface area contributed by atoms with Crippen LogP contribution in [0, 0.1) is 11.2 Å².